The lowest BCUT2D eigenvalue weighted by Crippen LogP contribution is -2.48. The number of nitrogens with zero attached hydrogens (tertiary/aromatic N) is 1. The van der Waals surface area contributed by atoms with E-state index in [1.54, 1.807) is 0 Å². The van der Waals surface area contributed by atoms with E-state index in [2.05, 4.69) is 17.1 Å². The molecular weight excluding hydrogens is 364 g/mol. The Morgan fingerprint density at radius 3 is 2.62 bits per heavy atom. The normalized spacial score (nSPS) is 25.5. The van der Waals surface area contributed by atoms with Crippen molar-refractivity contribution in [3.63, 3.8) is 0 Å². The van der Waals surface area contributed by atoms with Crippen LogP contribution in [0.1, 0.15) is 65.2 Å². The van der Waals surface area contributed by atoms with Gasteiger partial charge in [-0.15, -0.1) is 0 Å². The number of amides is 1. The predicted molar refractivity (Wildman–Crippen MR) is 117 cm³/mol. The van der Waals surface area contributed by atoms with Crippen molar-refractivity contribution in [3.05, 3.63) is 24.3 Å². The third-order valence-electron chi connectivity index (χ3n) is 6.24. The van der Waals surface area contributed by atoms with Crippen LogP contribution in [0.4, 0.5) is 5.69 Å². The Hall–Kier alpha value is -1.59. The highest BCUT2D eigenvalue weighted by Gasteiger charge is 2.42. The van der Waals surface area contributed by atoms with Crippen LogP contribution in [0.3, 0.4) is 0 Å². The molecule has 0 radical (unpaired) electrons. The molecule has 1 aliphatic heterocycles. The number of hydrogen-bond acceptors (Lipinski definition) is 4. The summed E-state index contributed by atoms with van der Waals surface area (Å²) in [6.45, 7) is 9.04. The molecule has 5 nitrogen and oxygen atoms in total. The third kappa shape index (κ3) is 6.45. The smallest absolute Gasteiger partial charge is 0.256 e. The van der Waals surface area contributed by atoms with E-state index in [4.69, 9.17) is 9.47 Å². The Balaban J connectivity index is 1.45. The van der Waals surface area contributed by atoms with Crippen molar-refractivity contribution in [2.45, 2.75) is 70.8 Å². The summed E-state index contributed by atoms with van der Waals surface area (Å²) in [5.41, 5.74) is 0.115. The third-order valence-corrected chi connectivity index (χ3v) is 6.24. The number of rotatable bonds is 9. The van der Waals surface area contributed by atoms with Gasteiger partial charge in [-0.1, -0.05) is 19.8 Å². The summed E-state index contributed by atoms with van der Waals surface area (Å²) < 4.78 is 11.9. The van der Waals surface area contributed by atoms with Crippen LogP contribution in [0.2, 0.25) is 0 Å². The predicted octanol–water partition coefficient (Wildman–Crippen LogP) is 4.87. The van der Waals surface area contributed by atoms with Gasteiger partial charge in [-0.3, -0.25) is 4.79 Å². The van der Waals surface area contributed by atoms with Crippen molar-refractivity contribution >= 4 is 11.6 Å². The van der Waals surface area contributed by atoms with Gasteiger partial charge in [0.1, 0.15) is 11.4 Å². The number of ether oxygens (including phenoxy) is 2. The standard InChI is InChI=1S/C24H38N2O3/c1-3-29-24(14-7-9-20(2)19-24)23(27)25-21-10-12-22(13-11-21)28-18-8-17-26-15-5-4-6-16-26/h10-13,20H,3-9,14-19H2,1-2H3,(H,25,27)/t20-,24-/m1/s1. The summed E-state index contributed by atoms with van der Waals surface area (Å²) in [7, 11) is 0. The first-order valence-corrected chi connectivity index (χ1v) is 11.5. The lowest BCUT2D eigenvalue weighted by molar-refractivity contribution is -0.147. The molecule has 1 aliphatic carbocycles. The highest BCUT2D eigenvalue weighted by atomic mass is 16.5. The summed E-state index contributed by atoms with van der Waals surface area (Å²) in [6.07, 6.45) is 8.90. The van der Waals surface area contributed by atoms with Crippen LogP contribution < -0.4 is 10.1 Å². The molecule has 1 saturated heterocycles. The van der Waals surface area contributed by atoms with Crippen LogP contribution in [0, 0.1) is 5.92 Å². The second-order valence-electron chi connectivity index (χ2n) is 8.71. The minimum atomic E-state index is -0.684. The van der Waals surface area contributed by atoms with E-state index in [0.717, 1.165) is 50.3 Å². The molecule has 1 amide bonds. The molecule has 1 aromatic rings. The summed E-state index contributed by atoms with van der Waals surface area (Å²) in [6, 6.07) is 7.72. The number of likely N-dealkylation sites (tertiary alicyclic amines) is 1. The van der Waals surface area contributed by atoms with Crippen LogP contribution in [-0.2, 0) is 9.53 Å². The minimum absolute atomic E-state index is 0.0129. The zero-order valence-corrected chi connectivity index (χ0v) is 18.3. The van der Waals surface area contributed by atoms with Gasteiger partial charge in [-0.2, -0.15) is 0 Å². The molecule has 2 aliphatic rings. The second kappa shape index (κ2) is 11.0. The molecule has 2 fully saturated rings. The van der Waals surface area contributed by atoms with Crippen LogP contribution in [0.25, 0.3) is 0 Å². The first-order chi connectivity index (χ1) is 14.1. The zero-order valence-electron chi connectivity index (χ0n) is 18.3. The lowest BCUT2D eigenvalue weighted by Gasteiger charge is -2.38. The Morgan fingerprint density at radius 1 is 1.17 bits per heavy atom. The summed E-state index contributed by atoms with van der Waals surface area (Å²) >= 11 is 0. The lowest BCUT2D eigenvalue weighted by atomic mass is 9.78. The number of hydrogen-bond donors (Lipinski definition) is 1. The zero-order chi connectivity index (χ0) is 20.5. The molecule has 1 aromatic carbocycles. The van der Waals surface area contributed by atoms with E-state index in [1.807, 2.05) is 31.2 Å². The number of nitrogens with one attached hydrogen (secondary N) is 1. The van der Waals surface area contributed by atoms with Gasteiger partial charge in [0.15, 0.2) is 0 Å². The molecular formula is C24H38N2O3. The van der Waals surface area contributed by atoms with Gasteiger partial charge in [0.25, 0.3) is 5.91 Å². The first-order valence-electron chi connectivity index (χ1n) is 11.5. The van der Waals surface area contributed by atoms with Gasteiger partial charge in [0.2, 0.25) is 0 Å². The SMILES string of the molecule is CCO[C@]1(C(=O)Nc2ccc(OCCCN3CCCCC3)cc2)CCC[C@@H](C)C1. The first kappa shape index (κ1) is 22.1. The molecule has 2 atom stereocenters. The molecule has 1 heterocycles. The van der Waals surface area contributed by atoms with Gasteiger partial charge < -0.3 is 19.7 Å². The van der Waals surface area contributed by atoms with Crippen molar-refractivity contribution in [2.24, 2.45) is 5.92 Å². The molecule has 0 aromatic heterocycles. The second-order valence-corrected chi connectivity index (χ2v) is 8.71. The number of carbonyl (C=O) groups is 1. The fourth-order valence-corrected chi connectivity index (χ4v) is 4.72. The van der Waals surface area contributed by atoms with Crippen molar-refractivity contribution in [2.75, 3.05) is 38.2 Å². The van der Waals surface area contributed by atoms with Crippen molar-refractivity contribution in [1.82, 2.24) is 4.90 Å². The Morgan fingerprint density at radius 2 is 1.93 bits per heavy atom. The summed E-state index contributed by atoms with van der Waals surface area (Å²) in [4.78, 5) is 15.5. The monoisotopic (exact) mass is 402 g/mol. The molecule has 29 heavy (non-hydrogen) atoms. The fraction of sp³-hybridized carbons (Fsp3) is 0.708. The van der Waals surface area contributed by atoms with Crippen molar-refractivity contribution in [1.29, 1.82) is 0 Å². The van der Waals surface area contributed by atoms with Crippen LogP contribution in [-0.4, -0.2) is 49.3 Å². The molecule has 1 saturated carbocycles. The highest BCUT2D eigenvalue weighted by molar-refractivity contribution is 5.97. The van der Waals surface area contributed by atoms with E-state index in [1.165, 1.54) is 38.8 Å². The van der Waals surface area contributed by atoms with Crippen LogP contribution >= 0.6 is 0 Å². The highest BCUT2D eigenvalue weighted by Crippen LogP contribution is 2.36. The molecule has 5 heteroatoms. The van der Waals surface area contributed by atoms with E-state index in [0.29, 0.717) is 12.5 Å². The van der Waals surface area contributed by atoms with Crippen molar-refractivity contribution in [3.8, 4) is 5.75 Å². The molecule has 162 valence electrons. The molecule has 3 rings (SSSR count). The average Bonchev–Trinajstić information content (AvgIpc) is 2.73. The Labute approximate surface area is 176 Å². The van der Waals surface area contributed by atoms with Gasteiger partial charge in [-0.05, 0) is 88.7 Å². The fourth-order valence-electron chi connectivity index (χ4n) is 4.72. The summed E-state index contributed by atoms with van der Waals surface area (Å²) in [5, 5.41) is 3.07. The van der Waals surface area contributed by atoms with Gasteiger partial charge in [0.05, 0.1) is 6.61 Å². The van der Waals surface area contributed by atoms with Crippen LogP contribution in [0.15, 0.2) is 24.3 Å². The topological polar surface area (TPSA) is 50.8 Å². The van der Waals surface area contributed by atoms with E-state index in [9.17, 15) is 4.79 Å². The number of benzene rings is 1. The molecule has 1 N–H and O–H groups in total. The number of piperidine rings is 1. The van der Waals surface area contributed by atoms with E-state index < -0.39 is 5.60 Å². The van der Waals surface area contributed by atoms with Gasteiger partial charge in [0, 0.05) is 18.8 Å². The quantitative estimate of drug-likeness (QED) is 0.599. The molecule has 0 bridgehead atoms. The van der Waals surface area contributed by atoms with E-state index >= 15 is 0 Å². The molecule has 0 spiro atoms. The Kier molecular flexibility index (Phi) is 8.37. The number of carbonyl (C=O) groups excluding carboxylic acids is 1. The maximum atomic E-state index is 13.0. The summed E-state index contributed by atoms with van der Waals surface area (Å²) in [5.74, 6) is 1.36. The maximum Gasteiger partial charge on any atom is 0.256 e. The minimum Gasteiger partial charge on any atom is -0.494 e. The van der Waals surface area contributed by atoms with Crippen LogP contribution in [0.5, 0.6) is 5.75 Å². The average molecular weight is 403 g/mol. The molecule has 0 unspecified atom stereocenters. The number of anilines is 1. The maximum absolute atomic E-state index is 13.0. The van der Waals surface area contributed by atoms with Gasteiger partial charge >= 0.3 is 0 Å². The van der Waals surface area contributed by atoms with Crippen molar-refractivity contribution < 1.29 is 14.3 Å². The van der Waals surface area contributed by atoms with E-state index in [-0.39, 0.29) is 5.91 Å². The largest absolute Gasteiger partial charge is 0.494 e. The Bertz CT molecular complexity index is 624. The van der Waals surface area contributed by atoms with Gasteiger partial charge in [-0.25, -0.2) is 0 Å².